The minimum absolute atomic E-state index is 0.0200. The highest BCUT2D eigenvalue weighted by Crippen LogP contribution is 2.38. The van der Waals surface area contributed by atoms with E-state index in [4.69, 9.17) is 13.9 Å². The average Bonchev–Trinajstić information content (AvgIpc) is 3.59. The van der Waals surface area contributed by atoms with Crippen LogP contribution in [0.2, 0.25) is 0 Å². The lowest BCUT2D eigenvalue weighted by molar-refractivity contribution is -0.146. The Hall–Kier alpha value is -3.74. The lowest BCUT2D eigenvalue weighted by Gasteiger charge is -2.31. The van der Waals surface area contributed by atoms with Gasteiger partial charge in [0.2, 0.25) is 5.89 Å². The van der Waals surface area contributed by atoms with Crippen LogP contribution in [0.1, 0.15) is 70.6 Å². The van der Waals surface area contributed by atoms with Gasteiger partial charge in [-0.25, -0.2) is 19.1 Å². The fourth-order valence-electron chi connectivity index (χ4n) is 5.54. The summed E-state index contributed by atoms with van der Waals surface area (Å²) in [6, 6.07) is 7.46. The number of thiophene rings is 1. The molecule has 0 aliphatic heterocycles. The molecule has 0 radical (unpaired) electrons. The van der Waals surface area contributed by atoms with Gasteiger partial charge in [-0.05, 0) is 71.9 Å². The number of nitrogens with zero attached hydrogens (tertiary/aromatic N) is 3. The highest BCUT2D eigenvalue weighted by atomic mass is 32.1. The normalized spacial score (nSPS) is 18.3. The first-order valence-corrected chi connectivity index (χ1v) is 15.2. The molecule has 12 heteroatoms. The summed E-state index contributed by atoms with van der Waals surface area (Å²) < 4.78 is 20.6. The minimum Gasteiger partial charge on any atom is -0.491 e. The summed E-state index contributed by atoms with van der Waals surface area (Å²) in [5, 5.41) is 20.4. The number of aromatic nitrogens is 3. The molecular weight excluding hydrogens is 574 g/mol. The summed E-state index contributed by atoms with van der Waals surface area (Å²) in [7, 11) is 0. The first-order chi connectivity index (χ1) is 20.4. The smallest absolute Gasteiger partial charge is 0.333 e. The summed E-state index contributed by atoms with van der Waals surface area (Å²) >= 11 is 1.19. The molecule has 0 amide bonds. The molecule has 2 N–H and O–H groups in total. The number of rotatable bonds is 10. The van der Waals surface area contributed by atoms with E-state index in [2.05, 4.69) is 4.98 Å². The van der Waals surface area contributed by atoms with Gasteiger partial charge in [0.15, 0.2) is 0 Å². The Morgan fingerprint density at radius 3 is 2.51 bits per heavy atom. The number of oxazole rings is 1. The van der Waals surface area contributed by atoms with Gasteiger partial charge in [0.25, 0.3) is 5.56 Å². The highest BCUT2D eigenvalue weighted by molar-refractivity contribution is 7.22. The molecule has 1 fully saturated rings. The van der Waals surface area contributed by atoms with E-state index in [0.717, 1.165) is 10.1 Å². The first kappa shape index (κ1) is 30.7. The van der Waals surface area contributed by atoms with Gasteiger partial charge in [0.1, 0.15) is 28.5 Å². The number of aliphatic carboxylic acids is 1. The molecule has 5 rings (SSSR count). The van der Waals surface area contributed by atoms with Gasteiger partial charge < -0.3 is 24.1 Å². The molecule has 4 aromatic rings. The van der Waals surface area contributed by atoms with Gasteiger partial charge in [-0.15, -0.1) is 11.3 Å². The number of carboxylic acid groups (broad SMARTS) is 1. The molecular formula is C31H37N3O8S. The molecule has 11 nitrogen and oxygen atoms in total. The molecule has 0 spiro atoms. The maximum absolute atomic E-state index is 14.2. The van der Waals surface area contributed by atoms with Gasteiger partial charge in [0, 0.05) is 5.56 Å². The number of ether oxygens (including phenoxy) is 2. The topological polar surface area (TPSA) is 146 Å². The molecule has 43 heavy (non-hydrogen) atoms. The second kappa shape index (κ2) is 12.1. The molecule has 0 bridgehead atoms. The van der Waals surface area contributed by atoms with Crippen LogP contribution in [0, 0.1) is 6.92 Å². The van der Waals surface area contributed by atoms with Crippen molar-refractivity contribution < 1.29 is 28.9 Å². The first-order valence-electron chi connectivity index (χ1n) is 14.4. The van der Waals surface area contributed by atoms with E-state index in [9.17, 15) is 24.6 Å². The molecule has 230 valence electrons. The van der Waals surface area contributed by atoms with Gasteiger partial charge in [-0.2, -0.15) is 0 Å². The number of aliphatic hydroxyl groups is 1. The third kappa shape index (κ3) is 5.91. The van der Waals surface area contributed by atoms with Crippen LogP contribution in [0.25, 0.3) is 21.0 Å². The van der Waals surface area contributed by atoms with Crippen LogP contribution >= 0.6 is 11.3 Å². The van der Waals surface area contributed by atoms with E-state index in [0.29, 0.717) is 52.6 Å². The van der Waals surface area contributed by atoms with Crippen LogP contribution in [0.4, 0.5) is 0 Å². The van der Waals surface area contributed by atoms with Crippen molar-refractivity contribution in [1.82, 2.24) is 14.1 Å². The molecule has 1 aromatic carbocycles. The van der Waals surface area contributed by atoms with Crippen molar-refractivity contribution in [1.29, 1.82) is 0 Å². The zero-order valence-electron chi connectivity index (χ0n) is 24.9. The maximum atomic E-state index is 14.2. The molecule has 1 atom stereocenters. The van der Waals surface area contributed by atoms with E-state index >= 15 is 0 Å². The van der Waals surface area contributed by atoms with Crippen molar-refractivity contribution in [2.45, 2.75) is 96.8 Å². The van der Waals surface area contributed by atoms with E-state index in [1.807, 2.05) is 38.1 Å². The van der Waals surface area contributed by atoms with Gasteiger partial charge in [0.05, 0.1) is 41.3 Å². The summed E-state index contributed by atoms with van der Waals surface area (Å²) in [5.41, 5.74) is -2.04. The number of hydrogen-bond donors (Lipinski definition) is 2. The fourth-order valence-corrected chi connectivity index (χ4v) is 6.78. The zero-order chi connectivity index (χ0) is 31.1. The Morgan fingerprint density at radius 1 is 1.19 bits per heavy atom. The second-order valence-corrected chi connectivity index (χ2v) is 12.7. The number of carbonyl (C=O) groups is 1. The highest BCUT2D eigenvalue weighted by Gasteiger charge is 2.36. The third-order valence-electron chi connectivity index (χ3n) is 7.90. The van der Waals surface area contributed by atoms with Crippen LogP contribution < -0.4 is 16.0 Å². The van der Waals surface area contributed by atoms with Gasteiger partial charge in [-0.3, -0.25) is 9.36 Å². The third-order valence-corrected chi connectivity index (χ3v) is 9.20. The van der Waals surface area contributed by atoms with Crippen molar-refractivity contribution in [3.8, 4) is 16.5 Å². The average molecular weight is 612 g/mol. The number of carboxylic acids is 1. The Kier molecular flexibility index (Phi) is 8.64. The lowest BCUT2D eigenvalue weighted by Crippen LogP contribution is -2.52. The number of aryl methyl sites for hydroxylation is 1. The monoisotopic (exact) mass is 611 g/mol. The molecule has 3 heterocycles. The summed E-state index contributed by atoms with van der Waals surface area (Å²) in [5.74, 6) is -0.419. The van der Waals surface area contributed by atoms with E-state index in [-0.39, 0.29) is 30.2 Å². The predicted octanol–water partition coefficient (Wildman–Crippen LogP) is 4.86. The molecule has 0 saturated heterocycles. The summed E-state index contributed by atoms with van der Waals surface area (Å²) in [4.78, 5) is 45.7. The van der Waals surface area contributed by atoms with Crippen molar-refractivity contribution in [2.24, 2.45) is 0 Å². The van der Waals surface area contributed by atoms with Crippen LogP contribution in [0.5, 0.6) is 5.75 Å². The molecule has 1 aliphatic rings. The number of para-hydroxylation sites is 1. The van der Waals surface area contributed by atoms with E-state index in [1.54, 1.807) is 6.92 Å². The van der Waals surface area contributed by atoms with Crippen LogP contribution in [-0.2, 0) is 21.6 Å². The lowest BCUT2D eigenvalue weighted by atomic mass is 9.94. The van der Waals surface area contributed by atoms with Gasteiger partial charge >= 0.3 is 11.7 Å². The molecule has 1 aliphatic carbocycles. The summed E-state index contributed by atoms with van der Waals surface area (Å²) in [6.07, 6.45) is 4.05. The Balaban J connectivity index is 1.74. The Morgan fingerprint density at radius 2 is 1.88 bits per heavy atom. The Bertz CT molecular complexity index is 1730. The fraction of sp³-hybridized carbons (Fsp3) is 0.484. The number of benzene rings is 1. The predicted molar refractivity (Wildman–Crippen MR) is 162 cm³/mol. The molecule has 1 unspecified atom stereocenters. The number of fused-ring (bicyclic) bond motifs is 1. The molecule has 3 aromatic heterocycles. The maximum Gasteiger partial charge on any atom is 0.333 e. The number of hydrogen-bond acceptors (Lipinski definition) is 9. The summed E-state index contributed by atoms with van der Waals surface area (Å²) in [6.45, 7) is 8.22. The van der Waals surface area contributed by atoms with Crippen LogP contribution in [0.3, 0.4) is 0 Å². The van der Waals surface area contributed by atoms with Crippen molar-refractivity contribution >= 4 is 27.5 Å². The van der Waals surface area contributed by atoms with Crippen molar-refractivity contribution in [3.05, 3.63) is 68.7 Å². The largest absolute Gasteiger partial charge is 0.491 e. The number of aliphatic hydroxyl groups excluding tert-OH is 1. The SMILES string of the molecule is Cc1c(-c2ncco2)sc2c1c(=O)n(C(C)(C)C(=O)O)c(=O)n2CC(OC1CCC(O)CC1)c1ccccc1OC(C)C. The minimum atomic E-state index is -1.84. The zero-order valence-corrected chi connectivity index (χ0v) is 25.7. The van der Waals surface area contributed by atoms with Crippen LogP contribution in [-0.4, -0.2) is 48.6 Å². The van der Waals surface area contributed by atoms with E-state index < -0.39 is 28.9 Å². The van der Waals surface area contributed by atoms with Crippen molar-refractivity contribution in [3.63, 3.8) is 0 Å². The van der Waals surface area contributed by atoms with E-state index in [1.165, 1.54) is 42.2 Å². The van der Waals surface area contributed by atoms with Crippen LogP contribution in [0.15, 0.2) is 50.7 Å². The Labute approximate surface area is 252 Å². The second-order valence-electron chi connectivity index (χ2n) is 11.7. The van der Waals surface area contributed by atoms with Gasteiger partial charge in [-0.1, -0.05) is 18.2 Å². The van der Waals surface area contributed by atoms with Crippen molar-refractivity contribution in [2.75, 3.05) is 0 Å². The quantitative estimate of drug-likeness (QED) is 0.257. The standard InChI is InChI=1S/C31H37N3O8S/c1-17(2)41-22-9-7-6-8-21(22)23(42-20-12-10-19(35)11-13-20)16-33-28-24(18(3)25(43-28)26-32-14-15-40-26)27(36)34(30(33)39)31(4,5)29(37)38/h6-9,14-15,17,19-20,23,35H,10-13,16H2,1-5H3,(H,37,38). The molecule has 1 saturated carbocycles.